The van der Waals surface area contributed by atoms with E-state index in [1.54, 1.807) is 17.7 Å². The van der Waals surface area contributed by atoms with Crippen LogP contribution in [-0.2, 0) is 6.42 Å². The number of nitrogens with zero attached hydrogens (tertiary/aromatic N) is 2. The smallest absolute Gasteiger partial charge is 0.130 e. The van der Waals surface area contributed by atoms with Crippen molar-refractivity contribution in [1.82, 2.24) is 9.97 Å². The number of rotatable bonds is 3. The third kappa shape index (κ3) is 1.93. The summed E-state index contributed by atoms with van der Waals surface area (Å²) < 4.78 is 0. The zero-order valence-electron chi connectivity index (χ0n) is 9.53. The molecule has 0 aliphatic carbocycles. The second-order valence-electron chi connectivity index (χ2n) is 3.77. The minimum atomic E-state index is 0.611. The summed E-state index contributed by atoms with van der Waals surface area (Å²) in [4.78, 5) is 9.66. The SMILES string of the molecule is CCCc1c(N)ncnc1-c1sccc1C. The standard InChI is InChI=1S/C12H15N3S/c1-3-4-9-10(14-7-15-12(9)13)11-8(2)5-6-16-11/h5-7H,3-4H2,1-2H3,(H2,13,14,15). The Morgan fingerprint density at radius 1 is 1.38 bits per heavy atom. The van der Waals surface area contributed by atoms with Crippen LogP contribution in [0.2, 0.25) is 0 Å². The summed E-state index contributed by atoms with van der Waals surface area (Å²) >= 11 is 1.71. The molecule has 0 fully saturated rings. The summed E-state index contributed by atoms with van der Waals surface area (Å²) in [6.07, 6.45) is 3.53. The molecule has 4 heteroatoms. The van der Waals surface area contributed by atoms with E-state index in [9.17, 15) is 0 Å². The zero-order chi connectivity index (χ0) is 11.5. The highest BCUT2D eigenvalue weighted by Crippen LogP contribution is 2.32. The molecule has 2 aromatic rings. The van der Waals surface area contributed by atoms with Crippen LogP contribution in [0.25, 0.3) is 10.6 Å². The van der Waals surface area contributed by atoms with Crippen molar-refractivity contribution in [3.05, 3.63) is 28.9 Å². The Hall–Kier alpha value is -1.42. The summed E-state index contributed by atoms with van der Waals surface area (Å²) in [6.45, 7) is 4.23. The molecular weight excluding hydrogens is 218 g/mol. The van der Waals surface area contributed by atoms with Gasteiger partial charge in [-0.1, -0.05) is 13.3 Å². The number of nitrogens with two attached hydrogens (primary N) is 1. The van der Waals surface area contributed by atoms with Crippen molar-refractivity contribution in [2.45, 2.75) is 26.7 Å². The first kappa shape index (κ1) is 11.1. The van der Waals surface area contributed by atoms with Crippen molar-refractivity contribution in [3.63, 3.8) is 0 Å². The molecule has 0 aliphatic rings. The zero-order valence-corrected chi connectivity index (χ0v) is 10.3. The summed E-state index contributed by atoms with van der Waals surface area (Å²) in [5.41, 5.74) is 9.25. The van der Waals surface area contributed by atoms with Gasteiger partial charge < -0.3 is 5.73 Å². The van der Waals surface area contributed by atoms with Gasteiger partial charge in [0, 0.05) is 5.56 Å². The molecule has 2 heterocycles. The van der Waals surface area contributed by atoms with Crippen LogP contribution in [0.1, 0.15) is 24.5 Å². The van der Waals surface area contributed by atoms with Crippen LogP contribution in [0.3, 0.4) is 0 Å². The first-order chi connectivity index (χ1) is 7.74. The molecule has 2 N–H and O–H groups in total. The maximum absolute atomic E-state index is 5.92. The molecule has 0 aromatic carbocycles. The lowest BCUT2D eigenvalue weighted by atomic mass is 10.1. The van der Waals surface area contributed by atoms with Gasteiger partial charge in [-0.2, -0.15) is 0 Å². The second-order valence-corrected chi connectivity index (χ2v) is 4.68. The van der Waals surface area contributed by atoms with Crippen molar-refractivity contribution in [1.29, 1.82) is 0 Å². The van der Waals surface area contributed by atoms with Gasteiger partial charge in [0.15, 0.2) is 0 Å². The van der Waals surface area contributed by atoms with Crippen LogP contribution in [0.5, 0.6) is 0 Å². The lowest BCUT2D eigenvalue weighted by molar-refractivity contribution is 0.909. The third-order valence-electron chi connectivity index (χ3n) is 2.56. The Bertz CT molecular complexity index is 491. The minimum absolute atomic E-state index is 0.611. The molecule has 2 rings (SSSR count). The number of anilines is 1. The maximum Gasteiger partial charge on any atom is 0.130 e. The van der Waals surface area contributed by atoms with E-state index < -0.39 is 0 Å². The molecule has 2 aromatic heterocycles. The van der Waals surface area contributed by atoms with Crippen LogP contribution in [0.15, 0.2) is 17.8 Å². The topological polar surface area (TPSA) is 51.8 Å². The quantitative estimate of drug-likeness (QED) is 0.886. The Morgan fingerprint density at radius 2 is 2.19 bits per heavy atom. The van der Waals surface area contributed by atoms with Gasteiger partial charge in [0.25, 0.3) is 0 Å². The average Bonchev–Trinajstić information content (AvgIpc) is 2.68. The van der Waals surface area contributed by atoms with Crippen LogP contribution < -0.4 is 5.73 Å². The maximum atomic E-state index is 5.92. The van der Waals surface area contributed by atoms with E-state index in [1.165, 1.54) is 10.4 Å². The number of aryl methyl sites for hydroxylation is 1. The van der Waals surface area contributed by atoms with Gasteiger partial charge in [-0.25, -0.2) is 9.97 Å². The lowest BCUT2D eigenvalue weighted by Crippen LogP contribution is -2.02. The minimum Gasteiger partial charge on any atom is -0.383 e. The molecule has 16 heavy (non-hydrogen) atoms. The number of hydrogen-bond acceptors (Lipinski definition) is 4. The van der Waals surface area contributed by atoms with E-state index in [1.807, 2.05) is 0 Å². The highest BCUT2D eigenvalue weighted by Gasteiger charge is 2.13. The van der Waals surface area contributed by atoms with Crippen LogP contribution in [-0.4, -0.2) is 9.97 Å². The number of aromatic nitrogens is 2. The fraction of sp³-hybridized carbons (Fsp3) is 0.333. The summed E-state index contributed by atoms with van der Waals surface area (Å²) in [6, 6.07) is 2.11. The largest absolute Gasteiger partial charge is 0.383 e. The molecule has 0 aliphatic heterocycles. The predicted octanol–water partition coefficient (Wildman–Crippen LogP) is 3.05. The molecule has 0 amide bonds. The fourth-order valence-electron chi connectivity index (χ4n) is 1.73. The van der Waals surface area contributed by atoms with Gasteiger partial charge in [-0.15, -0.1) is 11.3 Å². The Balaban J connectivity index is 2.56. The van der Waals surface area contributed by atoms with Crippen LogP contribution in [0.4, 0.5) is 5.82 Å². The normalized spacial score (nSPS) is 10.6. The molecule has 0 atom stereocenters. The molecule has 0 spiro atoms. The van der Waals surface area contributed by atoms with Crippen molar-refractivity contribution in [2.24, 2.45) is 0 Å². The molecule has 0 bridgehead atoms. The molecule has 3 nitrogen and oxygen atoms in total. The molecule has 84 valence electrons. The molecule has 0 saturated heterocycles. The van der Waals surface area contributed by atoms with E-state index in [0.717, 1.165) is 24.1 Å². The van der Waals surface area contributed by atoms with E-state index >= 15 is 0 Å². The highest BCUT2D eigenvalue weighted by molar-refractivity contribution is 7.13. The van der Waals surface area contributed by atoms with Gasteiger partial charge >= 0.3 is 0 Å². The van der Waals surface area contributed by atoms with E-state index in [-0.39, 0.29) is 0 Å². The van der Waals surface area contributed by atoms with Crippen molar-refractivity contribution in [3.8, 4) is 10.6 Å². The number of nitrogen functional groups attached to an aromatic ring is 1. The van der Waals surface area contributed by atoms with Crippen LogP contribution >= 0.6 is 11.3 Å². The first-order valence-corrected chi connectivity index (χ1v) is 6.25. The molecule has 0 unspecified atom stereocenters. The van der Waals surface area contributed by atoms with E-state index in [4.69, 9.17) is 5.73 Å². The number of hydrogen-bond donors (Lipinski definition) is 1. The van der Waals surface area contributed by atoms with Gasteiger partial charge in [0.05, 0.1) is 10.6 Å². The number of thiophene rings is 1. The third-order valence-corrected chi connectivity index (χ3v) is 3.58. The lowest BCUT2D eigenvalue weighted by Gasteiger charge is -2.08. The van der Waals surface area contributed by atoms with Crippen LogP contribution in [0, 0.1) is 6.92 Å². The Labute approximate surface area is 99.4 Å². The second kappa shape index (κ2) is 4.61. The summed E-state index contributed by atoms with van der Waals surface area (Å²) in [5.74, 6) is 0.611. The molecule has 0 saturated carbocycles. The molecule has 0 radical (unpaired) electrons. The van der Waals surface area contributed by atoms with E-state index in [2.05, 4.69) is 35.3 Å². The average molecular weight is 233 g/mol. The Morgan fingerprint density at radius 3 is 2.81 bits per heavy atom. The highest BCUT2D eigenvalue weighted by atomic mass is 32.1. The fourth-order valence-corrected chi connectivity index (χ4v) is 2.68. The van der Waals surface area contributed by atoms with Crippen molar-refractivity contribution < 1.29 is 0 Å². The van der Waals surface area contributed by atoms with E-state index in [0.29, 0.717) is 5.82 Å². The molecular formula is C12H15N3S. The van der Waals surface area contributed by atoms with Gasteiger partial charge in [-0.3, -0.25) is 0 Å². The van der Waals surface area contributed by atoms with Gasteiger partial charge in [0.2, 0.25) is 0 Å². The summed E-state index contributed by atoms with van der Waals surface area (Å²) in [5, 5.41) is 2.08. The van der Waals surface area contributed by atoms with Gasteiger partial charge in [-0.05, 0) is 30.4 Å². The monoisotopic (exact) mass is 233 g/mol. The van der Waals surface area contributed by atoms with Gasteiger partial charge in [0.1, 0.15) is 12.1 Å². The van der Waals surface area contributed by atoms with Crippen molar-refractivity contribution >= 4 is 17.2 Å². The Kier molecular flexibility index (Phi) is 3.19. The predicted molar refractivity (Wildman–Crippen MR) is 68.5 cm³/mol. The first-order valence-electron chi connectivity index (χ1n) is 5.37. The summed E-state index contributed by atoms with van der Waals surface area (Å²) in [7, 11) is 0. The van der Waals surface area contributed by atoms with Crippen molar-refractivity contribution in [2.75, 3.05) is 5.73 Å².